The second-order valence-corrected chi connectivity index (χ2v) is 3.89. The van der Waals surface area contributed by atoms with Crippen molar-refractivity contribution in [2.45, 2.75) is 19.8 Å². The maximum atomic E-state index is 5.68. The second kappa shape index (κ2) is 6.58. The summed E-state index contributed by atoms with van der Waals surface area (Å²) in [6, 6.07) is 0. The minimum Gasteiger partial charge on any atom is -0.354 e. The van der Waals surface area contributed by atoms with Crippen molar-refractivity contribution in [1.82, 2.24) is 9.97 Å². The fourth-order valence-electron chi connectivity index (χ4n) is 1.33. The number of aromatic nitrogens is 2. The summed E-state index contributed by atoms with van der Waals surface area (Å²) < 4.78 is 0. The van der Waals surface area contributed by atoms with E-state index in [-0.39, 0.29) is 0 Å². The van der Waals surface area contributed by atoms with Crippen LogP contribution in [-0.4, -0.2) is 23.1 Å². The van der Waals surface area contributed by atoms with Gasteiger partial charge in [0.1, 0.15) is 0 Å². The molecule has 0 spiro atoms. The molecule has 1 unspecified atom stereocenters. The lowest BCUT2D eigenvalue weighted by molar-refractivity contribution is 0.500. The molecular formula is C10H17ClN4. The molecule has 0 amide bonds. The van der Waals surface area contributed by atoms with Crippen LogP contribution in [0.25, 0.3) is 0 Å². The van der Waals surface area contributed by atoms with Crippen LogP contribution in [0.1, 0.15) is 19.8 Å². The Kier molecular flexibility index (Phi) is 5.36. The molecule has 0 aromatic carbocycles. The molecule has 1 rings (SSSR count). The summed E-state index contributed by atoms with van der Waals surface area (Å²) in [5, 5.41) is 3.72. The van der Waals surface area contributed by atoms with Crippen LogP contribution in [0.4, 0.5) is 5.95 Å². The standard InChI is InChI=1S/C10H17ClN4/c1-2-8(3-4-12)5-13-10-14-6-9(11)7-15-10/h6-8H,2-5,12H2,1H3,(H,13,14,15). The minimum absolute atomic E-state index is 0.551. The van der Waals surface area contributed by atoms with E-state index >= 15 is 0 Å². The first-order valence-electron chi connectivity index (χ1n) is 5.17. The fourth-order valence-corrected chi connectivity index (χ4v) is 1.42. The van der Waals surface area contributed by atoms with Crippen molar-refractivity contribution in [1.29, 1.82) is 0 Å². The minimum atomic E-state index is 0.551. The number of hydrogen-bond donors (Lipinski definition) is 2. The van der Waals surface area contributed by atoms with Gasteiger partial charge in [-0.3, -0.25) is 0 Å². The molecule has 3 N–H and O–H groups in total. The predicted molar refractivity (Wildman–Crippen MR) is 63.0 cm³/mol. The van der Waals surface area contributed by atoms with Crippen LogP contribution in [0.3, 0.4) is 0 Å². The van der Waals surface area contributed by atoms with E-state index in [1.807, 2.05) is 0 Å². The normalized spacial score (nSPS) is 12.5. The summed E-state index contributed by atoms with van der Waals surface area (Å²) in [6.45, 7) is 3.74. The van der Waals surface area contributed by atoms with Crippen LogP contribution < -0.4 is 11.1 Å². The molecule has 1 atom stereocenters. The van der Waals surface area contributed by atoms with E-state index in [2.05, 4.69) is 22.2 Å². The molecule has 0 radical (unpaired) electrons. The van der Waals surface area contributed by atoms with E-state index in [0.29, 0.717) is 16.9 Å². The SMILES string of the molecule is CCC(CCN)CNc1ncc(Cl)cn1. The van der Waals surface area contributed by atoms with Gasteiger partial charge in [0.2, 0.25) is 5.95 Å². The molecule has 4 nitrogen and oxygen atoms in total. The topological polar surface area (TPSA) is 63.8 Å². The molecule has 84 valence electrons. The van der Waals surface area contributed by atoms with Crippen molar-refractivity contribution < 1.29 is 0 Å². The Balaban J connectivity index is 2.38. The van der Waals surface area contributed by atoms with Crippen molar-refractivity contribution in [2.24, 2.45) is 11.7 Å². The van der Waals surface area contributed by atoms with Gasteiger partial charge < -0.3 is 11.1 Å². The molecule has 0 aliphatic carbocycles. The van der Waals surface area contributed by atoms with Crippen LogP contribution in [0.2, 0.25) is 5.02 Å². The van der Waals surface area contributed by atoms with Crippen molar-refractivity contribution in [3.8, 4) is 0 Å². The Morgan fingerprint density at radius 2 is 2.13 bits per heavy atom. The molecule has 0 aliphatic rings. The molecule has 1 aromatic rings. The third-order valence-electron chi connectivity index (χ3n) is 2.32. The molecule has 0 aliphatic heterocycles. The van der Waals surface area contributed by atoms with Crippen LogP contribution in [0.5, 0.6) is 0 Å². The van der Waals surface area contributed by atoms with Gasteiger partial charge in [-0.1, -0.05) is 24.9 Å². The Morgan fingerprint density at radius 1 is 1.47 bits per heavy atom. The highest BCUT2D eigenvalue weighted by Gasteiger charge is 2.05. The van der Waals surface area contributed by atoms with E-state index in [1.54, 1.807) is 12.4 Å². The molecule has 1 heterocycles. The molecule has 0 fully saturated rings. The van der Waals surface area contributed by atoms with Gasteiger partial charge in [0.15, 0.2) is 0 Å². The van der Waals surface area contributed by atoms with Crippen LogP contribution in [0, 0.1) is 5.92 Å². The number of nitrogens with one attached hydrogen (secondary N) is 1. The van der Waals surface area contributed by atoms with E-state index < -0.39 is 0 Å². The monoisotopic (exact) mass is 228 g/mol. The molecule has 5 heteroatoms. The largest absolute Gasteiger partial charge is 0.354 e. The third kappa shape index (κ3) is 4.44. The second-order valence-electron chi connectivity index (χ2n) is 3.46. The summed E-state index contributed by atoms with van der Waals surface area (Å²) >= 11 is 5.68. The number of halogens is 1. The number of nitrogens with two attached hydrogens (primary N) is 1. The van der Waals surface area contributed by atoms with Gasteiger partial charge in [-0.2, -0.15) is 0 Å². The zero-order valence-corrected chi connectivity index (χ0v) is 9.67. The van der Waals surface area contributed by atoms with Gasteiger partial charge in [0.25, 0.3) is 0 Å². The zero-order valence-electron chi connectivity index (χ0n) is 8.91. The first-order valence-corrected chi connectivity index (χ1v) is 5.55. The average molecular weight is 229 g/mol. The molecule has 0 saturated heterocycles. The van der Waals surface area contributed by atoms with Crippen LogP contribution in [-0.2, 0) is 0 Å². The van der Waals surface area contributed by atoms with Gasteiger partial charge in [0.05, 0.1) is 17.4 Å². The van der Waals surface area contributed by atoms with Crippen molar-refractivity contribution in [2.75, 3.05) is 18.4 Å². The Morgan fingerprint density at radius 3 is 2.67 bits per heavy atom. The predicted octanol–water partition coefficient (Wildman–Crippen LogP) is 1.92. The molecule has 1 aromatic heterocycles. The maximum Gasteiger partial charge on any atom is 0.222 e. The maximum absolute atomic E-state index is 5.68. The van der Waals surface area contributed by atoms with Gasteiger partial charge in [-0.15, -0.1) is 0 Å². The summed E-state index contributed by atoms with van der Waals surface area (Å²) in [6.07, 6.45) is 5.30. The van der Waals surface area contributed by atoms with Crippen molar-refractivity contribution in [3.05, 3.63) is 17.4 Å². The highest BCUT2D eigenvalue weighted by molar-refractivity contribution is 6.30. The van der Waals surface area contributed by atoms with Gasteiger partial charge in [-0.05, 0) is 18.9 Å². The van der Waals surface area contributed by atoms with E-state index in [4.69, 9.17) is 17.3 Å². The zero-order chi connectivity index (χ0) is 11.1. The average Bonchev–Trinajstić information content (AvgIpc) is 2.26. The first-order chi connectivity index (χ1) is 7.26. The fraction of sp³-hybridized carbons (Fsp3) is 0.600. The Bertz CT molecular complexity index is 275. The van der Waals surface area contributed by atoms with Crippen LogP contribution in [0.15, 0.2) is 12.4 Å². The van der Waals surface area contributed by atoms with E-state index in [9.17, 15) is 0 Å². The van der Waals surface area contributed by atoms with Crippen LogP contribution >= 0.6 is 11.6 Å². The highest BCUT2D eigenvalue weighted by Crippen LogP contribution is 2.09. The first kappa shape index (κ1) is 12.2. The molecular weight excluding hydrogens is 212 g/mol. The Labute approximate surface area is 95.3 Å². The van der Waals surface area contributed by atoms with Crippen molar-refractivity contribution >= 4 is 17.5 Å². The lowest BCUT2D eigenvalue weighted by Crippen LogP contribution is -2.18. The quantitative estimate of drug-likeness (QED) is 0.781. The third-order valence-corrected chi connectivity index (χ3v) is 2.52. The summed E-state index contributed by atoms with van der Waals surface area (Å²) in [7, 11) is 0. The number of rotatable bonds is 6. The van der Waals surface area contributed by atoms with Gasteiger partial charge in [0, 0.05) is 6.54 Å². The number of nitrogens with zero attached hydrogens (tertiary/aromatic N) is 2. The van der Waals surface area contributed by atoms with Gasteiger partial charge in [-0.25, -0.2) is 9.97 Å². The summed E-state index contributed by atoms with van der Waals surface area (Å²) in [5.41, 5.74) is 5.52. The van der Waals surface area contributed by atoms with Gasteiger partial charge >= 0.3 is 0 Å². The van der Waals surface area contributed by atoms with Crippen molar-refractivity contribution in [3.63, 3.8) is 0 Å². The summed E-state index contributed by atoms with van der Waals surface area (Å²) in [4.78, 5) is 8.12. The number of anilines is 1. The van der Waals surface area contributed by atoms with E-state index in [1.165, 1.54) is 0 Å². The summed E-state index contributed by atoms with van der Waals surface area (Å²) in [5.74, 6) is 1.20. The van der Waals surface area contributed by atoms with E-state index in [0.717, 1.165) is 25.9 Å². The smallest absolute Gasteiger partial charge is 0.222 e. The molecule has 0 saturated carbocycles. The molecule has 0 bridgehead atoms. The Hall–Kier alpha value is -0.870. The number of hydrogen-bond acceptors (Lipinski definition) is 4. The molecule has 15 heavy (non-hydrogen) atoms. The highest BCUT2D eigenvalue weighted by atomic mass is 35.5. The lowest BCUT2D eigenvalue weighted by Gasteiger charge is -2.14. The lowest BCUT2D eigenvalue weighted by atomic mass is 10.0.